The maximum Gasteiger partial charge on any atom is 0.225 e. The van der Waals surface area contributed by atoms with E-state index in [0.717, 1.165) is 38.5 Å². The molecule has 26 heavy (non-hydrogen) atoms. The van der Waals surface area contributed by atoms with Gasteiger partial charge in [0.1, 0.15) is 5.82 Å². The van der Waals surface area contributed by atoms with Crippen molar-refractivity contribution in [2.45, 2.75) is 18.4 Å². The van der Waals surface area contributed by atoms with E-state index in [-0.39, 0.29) is 17.8 Å². The molecular formula is C18H20ClFN6. The Morgan fingerprint density at radius 3 is 2.58 bits per heavy atom. The number of halogens is 2. The van der Waals surface area contributed by atoms with E-state index in [1.807, 2.05) is 0 Å². The lowest BCUT2D eigenvalue weighted by atomic mass is 10.1. The lowest BCUT2D eigenvalue weighted by Crippen LogP contribution is -2.51. The summed E-state index contributed by atoms with van der Waals surface area (Å²) >= 11 is 6.14. The number of aromatic nitrogens is 2. The number of benzene rings is 1. The molecule has 1 aliphatic heterocycles. The second kappa shape index (κ2) is 7.07. The van der Waals surface area contributed by atoms with Gasteiger partial charge in [-0.1, -0.05) is 17.7 Å². The van der Waals surface area contributed by atoms with Crippen molar-refractivity contribution in [3.63, 3.8) is 0 Å². The van der Waals surface area contributed by atoms with Gasteiger partial charge < -0.3 is 15.5 Å². The highest BCUT2D eigenvalue weighted by molar-refractivity contribution is 6.31. The Bertz CT molecular complexity index is 786. The summed E-state index contributed by atoms with van der Waals surface area (Å²) in [4.78, 5) is 17.3. The summed E-state index contributed by atoms with van der Waals surface area (Å²) in [7, 11) is 0. The Morgan fingerprint density at radius 2 is 1.88 bits per heavy atom. The fraction of sp³-hybridized carbons (Fsp3) is 0.389. The summed E-state index contributed by atoms with van der Waals surface area (Å²) in [5.74, 6) is 0.995. The zero-order valence-electron chi connectivity index (χ0n) is 14.2. The van der Waals surface area contributed by atoms with Crippen molar-refractivity contribution in [2.24, 2.45) is 10.7 Å². The van der Waals surface area contributed by atoms with E-state index in [4.69, 9.17) is 17.3 Å². The molecule has 2 aliphatic rings. The van der Waals surface area contributed by atoms with Gasteiger partial charge >= 0.3 is 0 Å². The summed E-state index contributed by atoms with van der Waals surface area (Å²) in [5, 5.41) is 0.461. The van der Waals surface area contributed by atoms with Crippen molar-refractivity contribution >= 4 is 23.5 Å². The van der Waals surface area contributed by atoms with Gasteiger partial charge in [0.15, 0.2) is 5.96 Å². The molecule has 1 aromatic heterocycles. The Labute approximate surface area is 156 Å². The summed E-state index contributed by atoms with van der Waals surface area (Å²) in [6, 6.07) is 6.58. The van der Waals surface area contributed by atoms with E-state index in [9.17, 15) is 4.39 Å². The summed E-state index contributed by atoms with van der Waals surface area (Å²) in [5.41, 5.74) is 6.75. The zero-order valence-corrected chi connectivity index (χ0v) is 15.0. The molecule has 2 heterocycles. The van der Waals surface area contributed by atoms with Crippen molar-refractivity contribution in [1.82, 2.24) is 14.9 Å². The summed E-state index contributed by atoms with van der Waals surface area (Å²) in [6.07, 6.45) is 4.26. The van der Waals surface area contributed by atoms with Crippen molar-refractivity contribution < 1.29 is 4.39 Å². The normalized spacial score (nSPS) is 23.2. The molecule has 0 unspecified atom stereocenters. The zero-order chi connectivity index (χ0) is 18.1. The molecule has 2 atom stereocenters. The van der Waals surface area contributed by atoms with E-state index in [2.05, 4.69) is 24.8 Å². The van der Waals surface area contributed by atoms with Crippen LogP contribution in [0.2, 0.25) is 5.02 Å². The minimum absolute atomic E-state index is 0.000105. The molecule has 8 heteroatoms. The molecule has 0 radical (unpaired) electrons. The van der Waals surface area contributed by atoms with Crippen LogP contribution in [0.25, 0.3) is 0 Å². The quantitative estimate of drug-likeness (QED) is 0.659. The topological polar surface area (TPSA) is 70.6 Å². The third-order valence-corrected chi connectivity index (χ3v) is 5.19. The van der Waals surface area contributed by atoms with Crippen LogP contribution in [0, 0.1) is 5.82 Å². The number of hydrogen-bond acceptors (Lipinski definition) is 4. The highest BCUT2D eigenvalue weighted by Crippen LogP contribution is 2.47. The van der Waals surface area contributed by atoms with E-state index in [0.29, 0.717) is 16.5 Å². The smallest absolute Gasteiger partial charge is 0.225 e. The van der Waals surface area contributed by atoms with Crippen LogP contribution in [-0.4, -0.2) is 53.0 Å². The number of nitrogens with zero attached hydrogens (tertiary/aromatic N) is 5. The van der Waals surface area contributed by atoms with Crippen LogP contribution in [0.5, 0.6) is 0 Å². The Balaban J connectivity index is 1.37. The van der Waals surface area contributed by atoms with Crippen LogP contribution in [0.4, 0.5) is 10.3 Å². The lowest BCUT2D eigenvalue weighted by molar-refractivity contribution is 0.378. The van der Waals surface area contributed by atoms with Crippen LogP contribution >= 0.6 is 11.6 Å². The third-order valence-electron chi connectivity index (χ3n) is 4.86. The van der Waals surface area contributed by atoms with Gasteiger partial charge in [-0.2, -0.15) is 0 Å². The molecule has 4 rings (SSSR count). The second-order valence-electron chi connectivity index (χ2n) is 6.56. The first-order chi connectivity index (χ1) is 12.6. The molecule has 0 amide bonds. The van der Waals surface area contributed by atoms with Crippen molar-refractivity contribution in [3.05, 3.63) is 53.1 Å². The molecular weight excluding hydrogens is 355 g/mol. The third kappa shape index (κ3) is 3.44. The van der Waals surface area contributed by atoms with Crippen molar-refractivity contribution in [2.75, 3.05) is 31.1 Å². The number of piperazine rings is 1. The Hall–Kier alpha value is -2.41. The van der Waals surface area contributed by atoms with Gasteiger partial charge in [0.2, 0.25) is 5.95 Å². The van der Waals surface area contributed by atoms with Crippen molar-refractivity contribution in [1.29, 1.82) is 0 Å². The number of rotatable bonds is 3. The minimum atomic E-state index is -0.268. The highest BCUT2D eigenvalue weighted by atomic mass is 35.5. The number of hydrogen-bond donors (Lipinski definition) is 1. The van der Waals surface area contributed by atoms with Crippen LogP contribution < -0.4 is 10.6 Å². The second-order valence-corrected chi connectivity index (χ2v) is 6.96. The minimum Gasteiger partial charge on any atom is -0.370 e. The monoisotopic (exact) mass is 374 g/mol. The first-order valence-electron chi connectivity index (χ1n) is 8.67. The largest absolute Gasteiger partial charge is 0.370 e. The number of aliphatic imine (C=N–C) groups is 1. The number of nitrogens with two attached hydrogens (primary N) is 1. The molecule has 1 aliphatic carbocycles. The fourth-order valence-electron chi connectivity index (χ4n) is 3.34. The van der Waals surface area contributed by atoms with E-state index in [1.54, 1.807) is 30.6 Å². The number of guanidine groups is 1. The molecule has 136 valence electrons. The molecule has 1 saturated heterocycles. The van der Waals surface area contributed by atoms with Crippen LogP contribution in [0.15, 0.2) is 41.7 Å². The maximum absolute atomic E-state index is 14.0. The summed E-state index contributed by atoms with van der Waals surface area (Å²) in [6.45, 7) is 3.08. The molecule has 1 saturated carbocycles. The van der Waals surface area contributed by atoms with Gasteiger partial charge in [-0.3, -0.25) is 0 Å². The van der Waals surface area contributed by atoms with Crippen LogP contribution in [0.1, 0.15) is 17.9 Å². The van der Waals surface area contributed by atoms with Gasteiger partial charge in [0.25, 0.3) is 0 Å². The van der Waals surface area contributed by atoms with E-state index >= 15 is 0 Å². The first-order valence-corrected chi connectivity index (χ1v) is 9.05. The van der Waals surface area contributed by atoms with Crippen LogP contribution in [0.3, 0.4) is 0 Å². The van der Waals surface area contributed by atoms with E-state index in [1.165, 1.54) is 6.07 Å². The molecule has 0 spiro atoms. The SMILES string of the molecule is NC(=N[C@@H]1C[C@H]1c1c(F)cccc1Cl)N1CCN(c2ncccn2)CC1. The Kier molecular flexibility index (Phi) is 4.63. The van der Waals surface area contributed by atoms with Gasteiger partial charge in [-0.25, -0.2) is 19.4 Å². The van der Waals surface area contributed by atoms with Crippen LogP contribution in [-0.2, 0) is 0 Å². The molecule has 2 aromatic rings. The van der Waals surface area contributed by atoms with Gasteiger partial charge in [-0.15, -0.1) is 0 Å². The Morgan fingerprint density at radius 1 is 1.15 bits per heavy atom. The van der Waals surface area contributed by atoms with Gasteiger partial charge in [0.05, 0.1) is 6.04 Å². The predicted molar refractivity (Wildman–Crippen MR) is 100.0 cm³/mol. The average molecular weight is 375 g/mol. The van der Waals surface area contributed by atoms with E-state index < -0.39 is 0 Å². The highest BCUT2D eigenvalue weighted by Gasteiger charge is 2.42. The average Bonchev–Trinajstić information content (AvgIpc) is 3.41. The summed E-state index contributed by atoms with van der Waals surface area (Å²) < 4.78 is 14.0. The lowest BCUT2D eigenvalue weighted by Gasteiger charge is -2.35. The predicted octanol–water partition coefficient (Wildman–Crippen LogP) is 2.26. The maximum atomic E-state index is 14.0. The molecule has 1 aromatic carbocycles. The fourth-order valence-corrected chi connectivity index (χ4v) is 3.64. The molecule has 0 bridgehead atoms. The standard InChI is InChI=1S/C18H20ClFN6/c19-13-3-1-4-14(20)16(13)12-11-15(12)24-17(21)25-7-9-26(10-8-25)18-22-5-2-6-23-18/h1-6,12,15H,7-11H2,(H2,21,24)/t12-,15-/m1/s1. The number of anilines is 1. The van der Waals surface area contributed by atoms with Gasteiger partial charge in [0, 0.05) is 55.1 Å². The molecule has 2 N–H and O–H groups in total. The molecule has 2 fully saturated rings. The molecule has 6 nitrogen and oxygen atoms in total. The van der Waals surface area contributed by atoms with Crippen molar-refractivity contribution in [3.8, 4) is 0 Å². The first kappa shape index (κ1) is 17.0. The van der Waals surface area contributed by atoms with Gasteiger partial charge in [-0.05, 0) is 24.6 Å².